The predicted molar refractivity (Wildman–Crippen MR) is 68.3 cm³/mol. The maximum absolute atomic E-state index is 12.9. The summed E-state index contributed by atoms with van der Waals surface area (Å²) in [5, 5.41) is 2.49. The predicted octanol–water partition coefficient (Wildman–Crippen LogP) is 1.24. The van der Waals surface area contributed by atoms with E-state index in [0.717, 1.165) is 6.07 Å². The summed E-state index contributed by atoms with van der Waals surface area (Å²) in [6, 6.07) is 3.82. The van der Waals surface area contributed by atoms with E-state index < -0.39 is 11.7 Å². The molecule has 5 nitrogen and oxygen atoms in total. The first-order valence-electron chi connectivity index (χ1n) is 5.62. The second-order valence-electron chi connectivity index (χ2n) is 3.78. The van der Waals surface area contributed by atoms with Gasteiger partial charge < -0.3 is 15.8 Å². The fourth-order valence-electron chi connectivity index (χ4n) is 1.26. The Bertz CT molecular complexity index is 468. The molecule has 19 heavy (non-hydrogen) atoms. The fourth-order valence-corrected chi connectivity index (χ4v) is 1.43. The smallest absolute Gasteiger partial charge is 0.257 e. The molecule has 0 aliphatic heterocycles. The number of hydrogen-bond acceptors (Lipinski definition) is 3. The van der Waals surface area contributed by atoms with E-state index >= 15 is 0 Å². The number of benzene rings is 1. The van der Waals surface area contributed by atoms with E-state index in [9.17, 15) is 14.0 Å². The molecule has 2 amide bonds. The Morgan fingerprint density at radius 3 is 2.79 bits per heavy atom. The number of nitrogens with one attached hydrogen (secondary N) is 1. The molecular weight excluding hydrogens is 275 g/mol. The third-order valence-electron chi connectivity index (χ3n) is 2.18. The maximum atomic E-state index is 12.9. The van der Waals surface area contributed by atoms with Crippen LogP contribution in [0, 0.1) is 5.82 Å². The molecular formula is C12H14ClFN2O3. The number of carbonyl (C=O) groups excluding carboxylic acids is 2. The molecule has 0 saturated heterocycles. The summed E-state index contributed by atoms with van der Waals surface area (Å²) in [6.07, 6.45) is 0.693. The van der Waals surface area contributed by atoms with Crippen LogP contribution in [0.25, 0.3) is 0 Å². The number of carbonyl (C=O) groups is 2. The van der Waals surface area contributed by atoms with Gasteiger partial charge in [-0.05, 0) is 18.6 Å². The van der Waals surface area contributed by atoms with E-state index in [2.05, 4.69) is 5.32 Å². The molecule has 7 heteroatoms. The lowest BCUT2D eigenvalue weighted by atomic mass is 10.3. The van der Waals surface area contributed by atoms with Crippen LogP contribution in [0.1, 0.15) is 12.8 Å². The molecule has 104 valence electrons. The van der Waals surface area contributed by atoms with E-state index in [1.807, 2.05) is 0 Å². The molecule has 0 aromatic heterocycles. The zero-order valence-corrected chi connectivity index (χ0v) is 10.9. The lowest BCUT2D eigenvalue weighted by molar-refractivity contribution is -0.123. The Morgan fingerprint density at radius 2 is 2.16 bits per heavy atom. The van der Waals surface area contributed by atoms with Crippen molar-refractivity contribution in [2.45, 2.75) is 12.8 Å². The van der Waals surface area contributed by atoms with Crippen LogP contribution in [0.4, 0.5) is 4.39 Å². The van der Waals surface area contributed by atoms with Gasteiger partial charge in [0.2, 0.25) is 5.91 Å². The Morgan fingerprint density at radius 1 is 1.42 bits per heavy atom. The largest absolute Gasteiger partial charge is 0.484 e. The first-order valence-corrected chi connectivity index (χ1v) is 5.99. The minimum atomic E-state index is -0.551. The monoisotopic (exact) mass is 288 g/mol. The van der Waals surface area contributed by atoms with Crippen LogP contribution in [0.5, 0.6) is 5.75 Å². The van der Waals surface area contributed by atoms with Gasteiger partial charge in [0.05, 0.1) is 5.02 Å². The second-order valence-corrected chi connectivity index (χ2v) is 4.19. The van der Waals surface area contributed by atoms with Crippen molar-refractivity contribution in [3.63, 3.8) is 0 Å². The van der Waals surface area contributed by atoms with E-state index in [1.54, 1.807) is 0 Å². The molecule has 0 fully saturated rings. The summed E-state index contributed by atoms with van der Waals surface area (Å²) in [6.45, 7) is 0.133. The van der Waals surface area contributed by atoms with Gasteiger partial charge in [-0.3, -0.25) is 9.59 Å². The van der Waals surface area contributed by atoms with Crippen LogP contribution < -0.4 is 15.8 Å². The molecule has 1 aromatic carbocycles. The Kier molecular flexibility index (Phi) is 6.08. The highest BCUT2D eigenvalue weighted by molar-refractivity contribution is 6.30. The van der Waals surface area contributed by atoms with E-state index in [4.69, 9.17) is 22.1 Å². The zero-order valence-electron chi connectivity index (χ0n) is 10.1. The van der Waals surface area contributed by atoms with Gasteiger partial charge in [0.15, 0.2) is 6.61 Å². The van der Waals surface area contributed by atoms with Crippen molar-refractivity contribution in [1.82, 2.24) is 5.32 Å². The number of ether oxygens (including phenoxy) is 1. The Labute approximate surface area is 114 Å². The van der Waals surface area contributed by atoms with E-state index in [-0.39, 0.29) is 24.0 Å². The van der Waals surface area contributed by atoms with Crippen molar-refractivity contribution in [3.8, 4) is 5.75 Å². The minimum Gasteiger partial charge on any atom is -0.484 e. The molecule has 0 aliphatic rings. The average molecular weight is 289 g/mol. The summed E-state index contributed by atoms with van der Waals surface area (Å²) in [5.74, 6) is -1.00. The molecule has 3 N–H and O–H groups in total. The highest BCUT2D eigenvalue weighted by atomic mass is 35.5. The van der Waals surface area contributed by atoms with Crippen molar-refractivity contribution < 1.29 is 18.7 Å². The molecule has 1 aromatic rings. The third kappa shape index (κ3) is 6.05. The van der Waals surface area contributed by atoms with Gasteiger partial charge in [-0.1, -0.05) is 11.6 Å². The Hall–Kier alpha value is -1.82. The SMILES string of the molecule is NC(=O)CCCNC(=O)COc1ccc(F)c(Cl)c1. The van der Waals surface area contributed by atoms with Crippen molar-refractivity contribution in [1.29, 1.82) is 0 Å². The fraction of sp³-hybridized carbons (Fsp3) is 0.333. The second kappa shape index (κ2) is 7.58. The number of nitrogens with two attached hydrogens (primary N) is 1. The van der Waals surface area contributed by atoms with Crippen LogP contribution in [-0.4, -0.2) is 25.0 Å². The van der Waals surface area contributed by atoms with Gasteiger partial charge in [-0.15, -0.1) is 0 Å². The average Bonchev–Trinajstić information content (AvgIpc) is 2.36. The highest BCUT2D eigenvalue weighted by Gasteiger charge is 2.05. The van der Waals surface area contributed by atoms with Gasteiger partial charge in [0.25, 0.3) is 5.91 Å². The summed E-state index contributed by atoms with van der Waals surface area (Å²) in [7, 11) is 0. The number of amides is 2. The number of hydrogen-bond donors (Lipinski definition) is 2. The van der Waals surface area contributed by atoms with Crippen LogP contribution >= 0.6 is 11.6 Å². The third-order valence-corrected chi connectivity index (χ3v) is 2.47. The van der Waals surface area contributed by atoms with Crippen molar-refractivity contribution in [3.05, 3.63) is 29.0 Å². The van der Waals surface area contributed by atoms with Gasteiger partial charge in [0.1, 0.15) is 11.6 Å². The van der Waals surface area contributed by atoms with Crippen molar-refractivity contribution >= 4 is 23.4 Å². The molecule has 0 saturated carbocycles. The first kappa shape index (κ1) is 15.2. The molecule has 0 aliphatic carbocycles. The number of halogens is 2. The molecule has 0 bridgehead atoms. The van der Waals surface area contributed by atoms with Crippen LogP contribution in [0.2, 0.25) is 5.02 Å². The molecule has 0 heterocycles. The molecule has 0 atom stereocenters. The summed E-state index contributed by atoms with van der Waals surface area (Å²) in [4.78, 5) is 21.8. The molecule has 0 unspecified atom stereocenters. The van der Waals surface area contributed by atoms with Gasteiger partial charge in [0, 0.05) is 19.0 Å². The lowest BCUT2D eigenvalue weighted by Crippen LogP contribution is -2.30. The van der Waals surface area contributed by atoms with Crippen molar-refractivity contribution in [2.75, 3.05) is 13.2 Å². The topological polar surface area (TPSA) is 81.4 Å². The quantitative estimate of drug-likeness (QED) is 0.741. The van der Waals surface area contributed by atoms with Crippen molar-refractivity contribution in [2.24, 2.45) is 5.73 Å². The van der Waals surface area contributed by atoms with Gasteiger partial charge in [-0.25, -0.2) is 4.39 Å². The number of primary amides is 1. The van der Waals surface area contributed by atoms with Crippen LogP contribution in [-0.2, 0) is 9.59 Å². The number of rotatable bonds is 7. The highest BCUT2D eigenvalue weighted by Crippen LogP contribution is 2.20. The van der Waals surface area contributed by atoms with Crippen LogP contribution in [0.15, 0.2) is 18.2 Å². The lowest BCUT2D eigenvalue weighted by Gasteiger charge is -2.07. The van der Waals surface area contributed by atoms with E-state index in [1.165, 1.54) is 12.1 Å². The summed E-state index contributed by atoms with van der Waals surface area (Å²) >= 11 is 5.56. The molecule has 0 radical (unpaired) electrons. The molecule has 1 rings (SSSR count). The van der Waals surface area contributed by atoms with Crippen LogP contribution in [0.3, 0.4) is 0 Å². The standard InChI is InChI=1S/C12H14ClFN2O3/c13-9-6-8(3-4-10(9)14)19-7-12(18)16-5-1-2-11(15)17/h3-4,6H,1-2,5,7H2,(H2,15,17)(H,16,18). The zero-order chi connectivity index (χ0) is 14.3. The van der Waals surface area contributed by atoms with Gasteiger partial charge in [-0.2, -0.15) is 0 Å². The van der Waals surface area contributed by atoms with E-state index in [0.29, 0.717) is 18.7 Å². The summed E-state index contributed by atoms with van der Waals surface area (Å²) < 4.78 is 18.0. The van der Waals surface area contributed by atoms with Gasteiger partial charge >= 0.3 is 0 Å². The maximum Gasteiger partial charge on any atom is 0.257 e. The molecule has 0 spiro atoms. The normalized spacial score (nSPS) is 10.0. The minimum absolute atomic E-state index is 0.0700. The summed E-state index contributed by atoms with van der Waals surface area (Å²) in [5.41, 5.74) is 4.95. The Balaban J connectivity index is 2.26. The first-order chi connectivity index (χ1) is 8.99.